The summed E-state index contributed by atoms with van der Waals surface area (Å²) in [6, 6.07) is 8.02. The second-order valence-corrected chi connectivity index (χ2v) is 12.9. The second kappa shape index (κ2) is 13.5. The van der Waals surface area contributed by atoms with E-state index in [9.17, 15) is 24.3 Å². The van der Waals surface area contributed by atoms with Crippen LogP contribution in [0.4, 0.5) is 0 Å². The first-order valence-electron chi connectivity index (χ1n) is 15.7. The quantitative estimate of drug-likeness (QED) is 0.181. The van der Waals surface area contributed by atoms with Crippen molar-refractivity contribution in [2.24, 2.45) is 23.7 Å². The van der Waals surface area contributed by atoms with Gasteiger partial charge in [0.1, 0.15) is 6.04 Å². The molecule has 5 aliphatic rings. The van der Waals surface area contributed by atoms with E-state index in [-0.39, 0.29) is 55.9 Å². The Morgan fingerprint density at radius 2 is 1.77 bits per heavy atom. The highest BCUT2D eigenvalue weighted by atomic mass is 17.3. The van der Waals surface area contributed by atoms with E-state index in [0.717, 1.165) is 24.8 Å². The van der Waals surface area contributed by atoms with Crippen molar-refractivity contribution in [1.29, 1.82) is 0 Å². The third-order valence-corrected chi connectivity index (χ3v) is 9.72. The predicted molar refractivity (Wildman–Crippen MR) is 154 cm³/mol. The Morgan fingerprint density at radius 1 is 1.00 bits per heavy atom. The lowest BCUT2D eigenvalue weighted by Crippen LogP contribution is -2.70. The SMILES string of the molecule is C[C@@H]1[C@H](OC(=O)CCC(=O)NCCCC(=O)N[C@H](Cc2ccccc2)C(=O)O)O[C@H]2O[C@@]3(C)CC[C@H]4[C@H](C)CC[C@@H]1[C@@]24OO3. The van der Waals surface area contributed by atoms with Crippen LogP contribution in [0.25, 0.3) is 0 Å². The molecule has 6 rings (SSSR count). The molecular formula is C32H44N2O10. The predicted octanol–water partition coefficient (Wildman–Crippen LogP) is 3.23. The van der Waals surface area contributed by atoms with Crippen molar-refractivity contribution in [3.63, 3.8) is 0 Å². The minimum atomic E-state index is -1.11. The molecule has 2 amide bonds. The van der Waals surface area contributed by atoms with Gasteiger partial charge >= 0.3 is 11.9 Å². The van der Waals surface area contributed by atoms with E-state index in [2.05, 4.69) is 17.6 Å². The number of carboxylic acids is 1. The number of rotatable bonds is 12. The molecule has 0 unspecified atom stereocenters. The van der Waals surface area contributed by atoms with Crippen molar-refractivity contribution in [3.05, 3.63) is 35.9 Å². The van der Waals surface area contributed by atoms with Gasteiger partial charge < -0.3 is 30.0 Å². The lowest BCUT2D eigenvalue weighted by molar-refractivity contribution is -0.576. The molecule has 44 heavy (non-hydrogen) atoms. The van der Waals surface area contributed by atoms with Crippen molar-refractivity contribution in [2.45, 2.75) is 109 Å². The van der Waals surface area contributed by atoms with Crippen LogP contribution in [0.1, 0.15) is 77.7 Å². The van der Waals surface area contributed by atoms with Gasteiger partial charge in [-0.1, -0.05) is 44.2 Å². The van der Waals surface area contributed by atoms with Crippen molar-refractivity contribution in [2.75, 3.05) is 6.54 Å². The van der Waals surface area contributed by atoms with E-state index in [0.29, 0.717) is 18.8 Å². The molecule has 9 atom stereocenters. The van der Waals surface area contributed by atoms with Crippen LogP contribution in [0.5, 0.6) is 0 Å². The van der Waals surface area contributed by atoms with Crippen LogP contribution in [0.15, 0.2) is 30.3 Å². The van der Waals surface area contributed by atoms with E-state index in [1.807, 2.05) is 32.0 Å². The summed E-state index contributed by atoms with van der Waals surface area (Å²) in [4.78, 5) is 60.9. The van der Waals surface area contributed by atoms with Gasteiger partial charge in [-0.25, -0.2) is 14.6 Å². The van der Waals surface area contributed by atoms with Crippen molar-refractivity contribution >= 4 is 23.8 Å². The third kappa shape index (κ3) is 6.93. The fourth-order valence-corrected chi connectivity index (χ4v) is 7.29. The Morgan fingerprint density at radius 3 is 2.52 bits per heavy atom. The van der Waals surface area contributed by atoms with E-state index in [1.54, 1.807) is 12.1 Å². The molecule has 1 aliphatic carbocycles. The first kappa shape index (κ1) is 32.3. The van der Waals surface area contributed by atoms with Gasteiger partial charge in [0.2, 0.25) is 23.9 Å². The molecule has 1 spiro atoms. The molecule has 0 radical (unpaired) electrons. The number of carboxylic acid groups (broad SMARTS) is 1. The zero-order valence-corrected chi connectivity index (χ0v) is 25.6. The van der Waals surface area contributed by atoms with Gasteiger partial charge in [0.25, 0.3) is 0 Å². The monoisotopic (exact) mass is 616 g/mol. The largest absolute Gasteiger partial charge is 0.480 e. The minimum absolute atomic E-state index is 0.0208. The summed E-state index contributed by atoms with van der Waals surface area (Å²) in [5.74, 6) is -2.86. The maximum Gasteiger partial charge on any atom is 0.326 e. The van der Waals surface area contributed by atoms with Crippen LogP contribution < -0.4 is 10.6 Å². The van der Waals surface area contributed by atoms with Gasteiger partial charge in [-0.05, 0) is 50.0 Å². The van der Waals surface area contributed by atoms with Gasteiger partial charge in [-0.2, -0.15) is 0 Å². The fraction of sp³-hybridized carbons (Fsp3) is 0.688. The Balaban J connectivity index is 1.03. The maximum atomic E-state index is 12.8. The minimum Gasteiger partial charge on any atom is -0.480 e. The Labute approximate surface area is 257 Å². The average molecular weight is 617 g/mol. The Kier molecular flexibility index (Phi) is 9.93. The zero-order chi connectivity index (χ0) is 31.5. The fourth-order valence-electron chi connectivity index (χ4n) is 7.29. The van der Waals surface area contributed by atoms with Gasteiger partial charge in [-0.3, -0.25) is 14.4 Å². The Hall–Kier alpha value is -3.06. The highest BCUT2D eigenvalue weighted by molar-refractivity contribution is 5.84. The van der Waals surface area contributed by atoms with Gasteiger partial charge in [0.05, 0.1) is 6.42 Å². The molecule has 0 aromatic heterocycles. The first-order valence-corrected chi connectivity index (χ1v) is 15.7. The molecule has 1 aromatic carbocycles. The number of fused-ring (bicyclic) bond motifs is 2. The van der Waals surface area contributed by atoms with Crippen LogP contribution >= 0.6 is 0 Å². The number of aliphatic carboxylic acids is 1. The first-order chi connectivity index (χ1) is 21.0. The highest BCUT2D eigenvalue weighted by Crippen LogP contribution is 2.60. The summed E-state index contributed by atoms with van der Waals surface area (Å²) in [6.07, 6.45) is 2.29. The summed E-state index contributed by atoms with van der Waals surface area (Å²) < 4.78 is 18.3. The number of amides is 2. The van der Waals surface area contributed by atoms with Gasteiger partial charge in [0.15, 0.2) is 11.9 Å². The molecule has 12 nitrogen and oxygen atoms in total. The molecule has 4 heterocycles. The number of benzene rings is 1. The molecule has 3 N–H and O–H groups in total. The molecule has 1 saturated carbocycles. The van der Waals surface area contributed by atoms with Crippen molar-refractivity contribution < 1.29 is 48.3 Å². The van der Waals surface area contributed by atoms with Crippen LogP contribution in [0, 0.1) is 23.7 Å². The van der Waals surface area contributed by atoms with Crippen LogP contribution in [-0.4, -0.2) is 65.4 Å². The topological polar surface area (TPSA) is 159 Å². The number of carbonyl (C=O) groups excluding carboxylic acids is 3. The molecule has 12 heteroatoms. The maximum absolute atomic E-state index is 12.8. The summed E-state index contributed by atoms with van der Waals surface area (Å²) in [5.41, 5.74) is 0.0582. The second-order valence-electron chi connectivity index (χ2n) is 12.9. The van der Waals surface area contributed by atoms with Crippen molar-refractivity contribution in [1.82, 2.24) is 10.6 Å². The summed E-state index contributed by atoms with van der Waals surface area (Å²) in [7, 11) is 0. The number of ether oxygens (including phenoxy) is 3. The van der Waals surface area contributed by atoms with Crippen LogP contribution in [0.2, 0.25) is 0 Å². The zero-order valence-electron chi connectivity index (χ0n) is 25.6. The summed E-state index contributed by atoms with van der Waals surface area (Å²) in [5, 5.41) is 14.7. The molecular weight excluding hydrogens is 572 g/mol. The van der Waals surface area contributed by atoms with E-state index in [4.69, 9.17) is 24.0 Å². The van der Waals surface area contributed by atoms with E-state index in [1.165, 1.54) is 0 Å². The molecule has 5 fully saturated rings. The third-order valence-electron chi connectivity index (χ3n) is 9.72. The molecule has 4 saturated heterocycles. The smallest absolute Gasteiger partial charge is 0.326 e. The number of esters is 1. The molecule has 4 aliphatic heterocycles. The Bertz CT molecular complexity index is 1210. The molecule has 2 bridgehead atoms. The molecule has 242 valence electrons. The summed E-state index contributed by atoms with van der Waals surface area (Å²) in [6.45, 7) is 6.27. The van der Waals surface area contributed by atoms with E-state index >= 15 is 0 Å². The number of carbonyl (C=O) groups is 4. The lowest BCUT2D eigenvalue weighted by atomic mass is 9.58. The molecule has 1 aromatic rings. The van der Waals surface area contributed by atoms with Gasteiger partial charge in [-0.15, -0.1) is 0 Å². The number of hydrogen-bond acceptors (Lipinski definition) is 9. The van der Waals surface area contributed by atoms with Gasteiger partial charge in [0, 0.05) is 44.1 Å². The number of nitrogens with one attached hydrogen (secondary N) is 2. The van der Waals surface area contributed by atoms with Crippen LogP contribution in [-0.2, 0) is 49.6 Å². The standard InChI is InChI=1S/C32H44N2O10/c1-19-11-12-23-20(2)29(41-30-32(23)22(19)15-16-31(3,42-30)43-44-32)40-27(37)14-13-25(35)33-17-7-10-26(36)34-24(28(38)39)18-21-8-5-4-6-9-21/h4-6,8-9,19-20,22-24,29-30H,7,10-18H2,1-3H3,(H,33,35)(H,34,36)(H,38,39)/t19-,20+,22+,23+,24-,29-,30+,31-,32-/m1/s1. The summed E-state index contributed by atoms with van der Waals surface area (Å²) >= 11 is 0. The van der Waals surface area contributed by atoms with E-state index < -0.39 is 47.9 Å². The average Bonchev–Trinajstić information content (AvgIpc) is 3.22. The van der Waals surface area contributed by atoms with Crippen LogP contribution in [0.3, 0.4) is 0 Å². The highest BCUT2D eigenvalue weighted by Gasteiger charge is 2.69. The number of hydrogen-bond donors (Lipinski definition) is 3. The normalized spacial score (nSPS) is 34.6. The van der Waals surface area contributed by atoms with Crippen molar-refractivity contribution in [3.8, 4) is 0 Å². The lowest BCUT2D eigenvalue weighted by Gasteiger charge is -2.59.